The second-order valence-corrected chi connectivity index (χ2v) is 5.53. The number of ether oxygens (including phenoxy) is 1. The van der Waals surface area contributed by atoms with Crippen molar-refractivity contribution in [2.24, 2.45) is 7.05 Å². The van der Waals surface area contributed by atoms with E-state index in [1.807, 2.05) is 4.90 Å². The molecule has 2 aromatic heterocycles. The van der Waals surface area contributed by atoms with Crippen LogP contribution in [0, 0.1) is 0 Å². The van der Waals surface area contributed by atoms with Crippen LogP contribution in [0.5, 0.6) is 0 Å². The van der Waals surface area contributed by atoms with Crippen LogP contribution in [0.1, 0.15) is 0 Å². The van der Waals surface area contributed by atoms with E-state index in [9.17, 15) is 4.79 Å². The Morgan fingerprint density at radius 3 is 2.71 bits per heavy atom. The predicted octanol–water partition coefficient (Wildman–Crippen LogP) is -0.0654. The molecule has 11 heteroatoms. The van der Waals surface area contributed by atoms with E-state index in [1.165, 1.54) is 4.57 Å². The summed E-state index contributed by atoms with van der Waals surface area (Å²) >= 11 is 7.09. The smallest absolute Gasteiger partial charge is 0.343 e. The Hall–Kier alpha value is -1.65. The number of anilines is 1. The molecule has 0 unspecified atom stereocenters. The average Bonchev–Trinajstić information content (AvgIpc) is 2.80. The van der Waals surface area contributed by atoms with Crippen molar-refractivity contribution >= 4 is 29.3 Å². The number of rotatable bonds is 3. The molecule has 2 aromatic rings. The number of aromatic nitrogens is 6. The maximum atomic E-state index is 11.3. The normalized spacial score (nSPS) is 15.4. The van der Waals surface area contributed by atoms with Crippen LogP contribution in [-0.4, -0.2) is 56.0 Å². The van der Waals surface area contributed by atoms with Crippen molar-refractivity contribution in [2.75, 3.05) is 31.2 Å². The van der Waals surface area contributed by atoms with E-state index in [0.29, 0.717) is 42.6 Å². The Labute approximate surface area is 128 Å². The van der Waals surface area contributed by atoms with Crippen LogP contribution in [0.2, 0.25) is 5.28 Å². The summed E-state index contributed by atoms with van der Waals surface area (Å²) in [6, 6.07) is 0. The number of nitrogens with one attached hydrogen (secondary N) is 1. The molecule has 0 atom stereocenters. The minimum absolute atomic E-state index is 0.106. The summed E-state index contributed by atoms with van der Waals surface area (Å²) in [5, 5.41) is 7.20. The zero-order valence-corrected chi connectivity index (χ0v) is 12.7. The second-order valence-electron chi connectivity index (χ2n) is 4.26. The average molecular weight is 330 g/mol. The van der Waals surface area contributed by atoms with Crippen LogP contribution < -0.4 is 10.6 Å². The van der Waals surface area contributed by atoms with Crippen LogP contribution in [0.15, 0.2) is 15.1 Å². The lowest BCUT2D eigenvalue weighted by molar-refractivity contribution is 0.122. The molecule has 0 radical (unpaired) electrons. The van der Waals surface area contributed by atoms with Crippen molar-refractivity contribution in [1.82, 2.24) is 29.7 Å². The van der Waals surface area contributed by atoms with Gasteiger partial charge < -0.3 is 9.64 Å². The fourth-order valence-electron chi connectivity index (χ4n) is 1.78. The van der Waals surface area contributed by atoms with Gasteiger partial charge in [-0.15, -0.1) is 5.10 Å². The fraction of sp³-hybridized carbons (Fsp3) is 0.500. The summed E-state index contributed by atoms with van der Waals surface area (Å²) in [5.41, 5.74) is -0.300. The van der Waals surface area contributed by atoms with Gasteiger partial charge in [0.05, 0.1) is 13.2 Å². The topological polar surface area (TPSA) is 102 Å². The summed E-state index contributed by atoms with van der Waals surface area (Å²) in [5.74, 6) is 0.501. The molecular weight excluding hydrogens is 318 g/mol. The molecule has 1 aliphatic rings. The van der Waals surface area contributed by atoms with Crippen LogP contribution >= 0.6 is 23.4 Å². The molecule has 1 fully saturated rings. The summed E-state index contributed by atoms with van der Waals surface area (Å²) in [4.78, 5) is 25.9. The highest BCUT2D eigenvalue weighted by atomic mass is 35.5. The first-order chi connectivity index (χ1) is 10.1. The lowest BCUT2D eigenvalue weighted by atomic mass is 10.4. The lowest BCUT2D eigenvalue weighted by Crippen LogP contribution is -2.37. The Morgan fingerprint density at radius 2 is 2.05 bits per heavy atom. The molecule has 0 aromatic carbocycles. The van der Waals surface area contributed by atoms with Gasteiger partial charge in [-0.3, -0.25) is 4.57 Å². The van der Waals surface area contributed by atoms with Crippen LogP contribution in [-0.2, 0) is 11.8 Å². The van der Waals surface area contributed by atoms with Crippen molar-refractivity contribution in [1.29, 1.82) is 0 Å². The van der Waals surface area contributed by atoms with Crippen LogP contribution in [0.25, 0.3) is 0 Å². The number of H-pyrrole nitrogens is 1. The Kier molecular flexibility index (Phi) is 4.08. The van der Waals surface area contributed by atoms with Crippen molar-refractivity contribution in [3.63, 3.8) is 0 Å². The minimum Gasteiger partial charge on any atom is -0.378 e. The summed E-state index contributed by atoms with van der Waals surface area (Å²) < 4.78 is 6.66. The SMILES string of the molecule is Cn1c(Sc2nc(Cl)nc(N3CCOCC3)n2)n[nH]c1=O. The van der Waals surface area contributed by atoms with Gasteiger partial charge in [0.15, 0.2) is 5.16 Å². The van der Waals surface area contributed by atoms with E-state index in [0.717, 1.165) is 11.8 Å². The first kappa shape index (κ1) is 14.3. The zero-order chi connectivity index (χ0) is 14.8. The molecule has 112 valence electrons. The third kappa shape index (κ3) is 3.17. The van der Waals surface area contributed by atoms with Gasteiger partial charge in [-0.2, -0.15) is 15.0 Å². The fourth-order valence-corrected chi connectivity index (χ4v) is 2.72. The van der Waals surface area contributed by atoms with Crippen LogP contribution in [0.3, 0.4) is 0 Å². The molecule has 1 N–H and O–H groups in total. The number of morpholine rings is 1. The number of nitrogens with zero attached hydrogens (tertiary/aromatic N) is 6. The van der Waals surface area contributed by atoms with Gasteiger partial charge in [0.25, 0.3) is 0 Å². The molecule has 3 heterocycles. The molecule has 1 saturated heterocycles. The lowest BCUT2D eigenvalue weighted by Gasteiger charge is -2.26. The molecule has 0 amide bonds. The monoisotopic (exact) mass is 329 g/mol. The van der Waals surface area contributed by atoms with Gasteiger partial charge in [-0.1, -0.05) is 0 Å². The van der Waals surface area contributed by atoms with E-state index < -0.39 is 0 Å². The van der Waals surface area contributed by atoms with E-state index in [2.05, 4.69) is 25.1 Å². The standard InChI is InChI=1S/C10H12ClN7O2S/c1-17-9(19)15-16-10(17)21-8-13-6(11)12-7(14-8)18-2-4-20-5-3-18/h2-5H2,1H3,(H,15,19). The summed E-state index contributed by atoms with van der Waals surface area (Å²) in [7, 11) is 1.61. The molecule has 21 heavy (non-hydrogen) atoms. The zero-order valence-electron chi connectivity index (χ0n) is 11.1. The molecule has 0 bridgehead atoms. The maximum absolute atomic E-state index is 11.3. The van der Waals surface area contributed by atoms with Crippen molar-refractivity contribution < 1.29 is 4.74 Å². The minimum atomic E-state index is -0.300. The van der Waals surface area contributed by atoms with E-state index in [4.69, 9.17) is 16.3 Å². The van der Waals surface area contributed by atoms with Crippen molar-refractivity contribution in [3.05, 3.63) is 15.8 Å². The quantitative estimate of drug-likeness (QED) is 0.835. The highest BCUT2D eigenvalue weighted by molar-refractivity contribution is 7.99. The molecule has 0 aliphatic carbocycles. The van der Waals surface area contributed by atoms with E-state index in [-0.39, 0.29) is 11.0 Å². The Bertz CT molecular complexity index is 697. The van der Waals surface area contributed by atoms with Gasteiger partial charge in [0.1, 0.15) is 0 Å². The van der Waals surface area contributed by atoms with Crippen molar-refractivity contribution in [3.8, 4) is 0 Å². The molecule has 1 aliphatic heterocycles. The molecule has 3 rings (SSSR count). The molecule has 9 nitrogen and oxygen atoms in total. The van der Waals surface area contributed by atoms with Gasteiger partial charge in [0, 0.05) is 20.1 Å². The summed E-state index contributed by atoms with van der Waals surface area (Å²) in [6.45, 7) is 2.65. The number of aromatic amines is 1. The van der Waals surface area contributed by atoms with Gasteiger partial charge in [-0.05, 0) is 23.4 Å². The maximum Gasteiger partial charge on any atom is 0.343 e. The largest absolute Gasteiger partial charge is 0.378 e. The Morgan fingerprint density at radius 1 is 1.29 bits per heavy atom. The third-order valence-corrected chi connectivity index (χ3v) is 3.97. The number of hydrogen-bond acceptors (Lipinski definition) is 8. The van der Waals surface area contributed by atoms with Gasteiger partial charge >= 0.3 is 5.69 Å². The molecular formula is C10H12ClN7O2S. The third-order valence-electron chi connectivity index (χ3n) is 2.89. The van der Waals surface area contributed by atoms with Gasteiger partial charge in [-0.25, -0.2) is 9.89 Å². The highest BCUT2D eigenvalue weighted by Gasteiger charge is 2.17. The number of halogens is 1. The summed E-state index contributed by atoms with van der Waals surface area (Å²) in [6.07, 6.45) is 0. The van der Waals surface area contributed by atoms with Crippen molar-refractivity contribution in [2.45, 2.75) is 10.3 Å². The van der Waals surface area contributed by atoms with Crippen LogP contribution in [0.4, 0.5) is 5.95 Å². The van der Waals surface area contributed by atoms with E-state index >= 15 is 0 Å². The molecule has 0 saturated carbocycles. The molecule has 0 spiro atoms. The van der Waals surface area contributed by atoms with Gasteiger partial charge in [0.2, 0.25) is 16.4 Å². The first-order valence-electron chi connectivity index (χ1n) is 6.17. The first-order valence-corrected chi connectivity index (χ1v) is 7.36. The number of hydrogen-bond donors (Lipinski definition) is 1. The highest BCUT2D eigenvalue weighted by Crippen LogP contribution is 2.24. The Balaban J connectivity index is 1.87. The second kappa shape index (κ2) is 6.00. The van der Waals surface area contributed by atoms with E-state index in [1.54, 1.807) is 7.05 Å². The predicted molar refractivity (Wildman–Crippen MR) is 75.8 cm³/mol.